The Labute approximate surface area is 139 Å². The molecule has 24 heavy (non-hydrogen) atoms. The molecule has 0 bridgehead atoms. The number of rotatable bonds is 2. The standard InChI is InChI=1S/C19H18N4O/c1-11-7-9-13(10-8-11)18-21-19(24)17(22-23-18)16-12(2)20-15-6-4-3-5-14(15)16/h3-10,17,20,22H,1-2H3,(H,21,23,24). The second-order valence-electron chi connectivity index (χ2n) is 6.09. The van der Waals surface area contributed by atoms with Gasteiger partial charge in [-0.15, -0.1) is 0 Å². The van der Waals surface area contributed by atoms with E-state index in [1.807, 2.05) is 62.4 Å². The summed E-state index contributed by atoms with van der Waals surface area (Å²) in [7, 11) is 0. The highest BCUT2D eigenvalue weighted by molar-refractivity contribution is 6.11. The van der Waals surface area contributed by atoms with Crippen LogP contribution >= 0.6 is 0 Å². The number of aromatic amines is 1. The minimum atomic E-state index is -0.504. The van der Waals surface area contributed by atoms with Gasteiger partial charge in [0.05, 0.1) is 0 Å². The van der Waals surface area contributed by atoms with E-state index in [4.69, 9.17) is 0 Å². The fourth-order valence-corrected chi connectivity index (χ4v) is 3.12. The van der Waals surface area contributed by atoms with Crippen LogP contribution in [0.15, 0.2) is 53.6 Å². The number of fused-ring (bicyclic) bond motifs is 1. The van der Waals surface area contributed by atoms with E-state index in [1.54, 1.807) is 0 Å². The molecular formula is C19H18N4O. The first-order valence-electron chi connectivity index (χ1n) is 7.92. The van der Waals surface area contributed by atoms with Crippen molar-refractivity contribution in [2.45, 2.75) is 19.9 Å². The Hall–Kier alpha value is -3.08. The average molecular weight is 318 g/mol. The molecule has 2 aromatic carbocycles. The third-order valence-corrected chi connectivity index (χ3v) is 4.37. The number of hydrazone groups is 1. The number of hydrogen-bond donors (Lipinski definition) is 3. The van der Waals surface area contributed by atoms with Crippen LogP contribution in [0.5, 0.6) is 0 Å². The molecule has 1 aliphatic heterocycles. The molecule has 0 saturated carbocycles. The number of para-hydroxylation sites is 1. The molecule has 1 amide bonds. The molecule has 0 fully saturated rings. The summed E-state index contributed by atoms with van der Waals surface area (Å²) in [5.41, 5.74) is 8.01. The lowest BCUT2D eigenvalue weighted by molar-refractivity contribution is -0.122. The van der Waals surface area contributed by atoms with Crippen molar-refractivity contribution in [3.8, 4) is 0 Å². The number of hydrogen-bond acceptors (Lipinski definition) is 3. The van der Waals surface area contributed by atoms with Gasteiger partial charge in [-0.1, -0.05) is 48.0 Å². The number of benzene rings is 2. The van der Waals surface area contributed by atoms with E-state index in [0.29, 0.717) is 5.84 Å². The molecule has 0 spiro atoms. The monoisotopic (exact) mass is 318 g/mol. The van der Waals surface area contributed by atoms with Crippen molar-refractivity contribution < 1.29 is 4.79 Å². The van der Waals surface area contributed by atoms with Gasteiger partial charge in [0.2, 0.25) is 0 Å². The highest BCUT2D eigenvalue weighted by Crippen LogP contribution is 2.29. The van der Waals surface area contributed by atoms with Gasteiger partial charge in [0, 0.05) is 27.7 Å². The highest BCUT2D eigenvalue weighted by atomic mass is 16.2. The van der Waals surface area contributed by atoms with E-state index in [0.717, 1.165) is 27.7 Å². The number of aryl methyl sites for hydroxylation is 2. The van der Waals surface area contributed by atoms with Crippen LogP contribution in [0.1, 0.15) is 28.4 Å². The third-order valence-electron chi connectivity index (χ3n) is 4.37. The maximum atomic E-state index is 12.7. The molecule has 3 aromatic rings. The van der Waals surface area contributed by atoms with E-state index in [9.17, 15) is 4.79 Å². The summed E-state index contributed by atoms with van der Waals surface area (Å²) in [4.78, 5) is 16.0. The number of nitrogens with one attached hydrogen (secondary N) is 3. The number of nitrogens with zero attached hydrogens (tertiary/aromatic N) is 1. The first kappa shape index (κ1) is 14.5. The molecule has 4 rings (SSSR count). The number of amidine groups is 1. The SMILES string of the molecule is Cc1ccc(C2=NNC(c3c(C)[nH]c4ccccc34)C(=O)N2)cc1. The number of carbonyl (C=O) groups excluding carboxylic acids is 1. The molecule has 1 aromatic heterocycles. The number of amides is 1. The van der Waals surface area contributed by atoms with Gasteiger partial charge in [0.1, 0.15) is 0 Å². The van der Waals surface area contributed by atoms with Crippen molar-refractivity contribution in [2.75, 3.05) is 0 Å². The van der Waals surface area contributed by atoms with Crippen molar-refractivity contribution in [3.05, 3.63) is 70.9 Å². The van der Waals surface area contributed by atoms with Crippen molar-refractivity contribution in [1.82, 2.24) is 15.7 Å². The van der Waals surface area contributed by atoms with E-state index >= 15 is 0 Å². The normalized spacial score (nSPS) is 17.3. The van der Waals surface area contributed by atoms with Crippen LogP contribution in [0.2, 0.25) is 0 Å². The molecular weight excluding hydrogens is 300 g/mol. The summed E-state index contributed by atoms with van der Waals surface area (Å²) in [5, 5.41) is 8.34. The lowest BCUT2D eigenvalue weighted by atomic mass is 10.0. The second-order valence-corrected chi connectivity index (χ2v) is 6.09. The Balaban J connectivity index is 1.70. The highest BCUT2D eigenvalue weighted by Gasteiger charge is 2.29. The van der Waals surface area contributed by atoms with Crippen LogP contribution in [0.4, 0.5) is 0 Å². The zero-order valence-corrected chi connectivity index (χ0v) is 13.6. The van der Waals surface area contributed by atoms with Crippen LogP contribution < -0.4 is 10.7 Å². The van der Waals surface area contributed by atoms with E-state index in [1.165, 1.54) is 5.56 Å². The fraction of sp³-hybridized carbons (Fsp3) is 0.158. The lowest BCUT2D eigenvalue weighted by Gasteiger charge is -2.23. The largest absolute Gasteiger partial charge is 0.358 e. The van der Waals surface area contributed by atoms with Gasteiger partial charge in [-0.2, -0.15) is 5.10 Å². The van der Waals surface area contributed by atoms with E-state index < -0.39 is 6.04 Å². The molecule has 0 saturated heterocycles. The van der Waals surface area contributed by atoms with Gasteiger partial charge in [-0.05, 0) is 19.9 Å². The minimum absolute atomic E-state index is 0.103. The summed E-state index contributed by atoms with van der Waals surface area (Å²) in [6.45, 7) is 4.00. The van der Waals surface area contributed by atoms with Crippen molar-refractivity contribution in [3.63, 3.8) is 0 Å². The second kappa shape index (κ2) is 5.53. The molecule has 5 heteroatoms. The molecule has 2 heterocycles. The summed E-state index contributed by atoms with van der Waals surface area (Å²) in [5.74, 6) is 0.446. The summed E-state index contributed by atoms with van der Waals surface area (Å²) >= 11 is 0. The van der Waals surface area contributed by atoms with Crippen LogP contribution in [-0.4, -0.2) is 16.7 Å². The maximum absolute atomic E-state index is 12.7. The third kappa shape index (κ3) is 2.34. The van der Waals surface area contributed by atoms with Crippen LogP contribution in [0.25, 0.3) is 10.9 Å². The van der Waals surface area contributed by atoms with Crippen molar-refractivity contribution in [2.24, 2.45) is 5.10 Å². The number of carbonyl (C=O) groups is 1. The molecule has 1 unspecified atom stereocenters. The Bertz CT molecular complexity index is 953. The van der Waals surface area contributed by atoms with Gasteiger partial charge in [-0.3, -0.25) is 10.2 Å². The number of H-pyrrole nitrogens is 1. The number of aromatic nitrogens is 1. The Morgan fingerprint density at radius 1 is 1.00 bits per heavy atom. The zero-order chi connectivity index (χ0) is 16.7. The van der Waals surface area contributed by atoms with Gasteiger partial charge in [0.25, 0.3) is 5.91 Å². The van der Waals surface area contributed by atoms with Gasteiger partial charge in [-0.25, -0.2) is 0 Å². The average Bonchev–Trinajstić information content (AvgIpc) is 2.91. The van der Waals surface area contributed by atoms with Crippen molar-refractivity contribution >= 4 is 22.6 Å². The first-order valence-corrected chi connectivity index (χ1v) is 7.92. The van der Waals surface area contributed by atoms with Gasteiger partial charge < -0.3 is 10.3 Å². The van der Waals surface area contributed by atoms with Crippen LogP contribution in [0, 0.1) is 13.8 Å². The van der Waals surface area contributed by atoms with E-state index in [-0.39, 0.29) is 5.91 Å². The summed E-state index contributed by atoms with van der Waals surface area (Å²) in [6.07, 6.45) is 0. The fourth-order valence-electron chi connectivity index (χ4n) is 3.12. The Kier molecular flexibility index (Phi) is 3.34. The predicted octanol–water partition coefficient (Wildman–Crippen LogP) is 2.91. The van der Waals surface area contributed by atoms with Gasteiger partial charge in [0.15, 0.2) is 11.9 Å². The topological polar surface area (TPSA) is 69.3 Å². The smallest absolute Gasteiger partial charge is 0.254 e. The summed E-state index contributed by atoms with van der Waals surface area (Å²) in [6, 6.07) is 15.4. The predicted molar refractivity (Wildman–Crippen MR) is 94.8 cm³/mol. The molecule has 120 valence electrons. The Morgan fingerprint density at radius 3 is 2.50 bits per heavy atom. The quantitative estimate of drug-likeness (QED) is 0.680. The minimum Gasteiger partial charge on any atom is -0.358 e. The van der Waals surface area contributed by atoms with Crippen molar-refractivity contribution in [1.29, 1.82) is 0 Å². The first-order chi connectivity index (χ1) is 11.6. The molecule has 0 radical (unpaired) electrons. The molecule has 1 aliphatic rings. The summed E-state index contributed by atoms with van der Waals surface area (Å²) < 4.78 is 0. The molecule has 0 aliphatic carbocycles. The zero-order valence-electron chi connectivity index (χ0n) is 13.6. The Morgan fingerprint density at radius 2 is 1.75 bits per heavy atom. The maximum Gasteiger partial charge on any atom is 0.254 e. The van der Waals surface area contributed by atoms with Crippen LogP contribution in [0.3, 0.4) is 0 Å². The molecule has 5 nitrogen and oxygen atoms in total. The molecule has 1 atom stereocenters. The van der Waals surface area contributed by atoms with E-state index in [2.05, 4.69) is 20.8 Å². The van der Waals surface area contributed by atoms with Gasteiger partial charge >= 0.3 is 0 Å². The van der Waals surface area contributed by atoms with Crippen LogP contribution in [-0.2, 0) is 4.79 Å². The lowest BCUT2D eigenvalue weighted by Crippen LogP contribution is -2.45. The molecule has 3 N–H and O–H groups in total.